The fourth-order valence-corrected chi connectivity index (χ4v) is 4.31. The number of amides is 1. The van der Waals surface area contributed by atoms with Crippen LogP contribution in [0.5, 0.6) is 0 Å². The third kappa shape index (κ3) is 5.14. The Hall–Kier alpha value is -1.70. The van der Waals surface area contributed by atoms with E-state index in [0.717, 1.165) is 5.57 Å². The summed E-state index contributed by atoms with van der Waals surface area (Å²) in [4.78, 5) is 16.5. The maximum Gasteiger partial charge on any atom is 0.243 e. The molecule has 1 aliphatic rings. The van der Waals surface area contributed by atoms with Gasteiger partial charge in [-0.25, -0.2) is 8.42 Å². The van der Waals surface area contributed by atoms with Crippen LogP contribution >= 0.6 is 0 Å². The van der Waals surface area contributed by atoms with Crippen molar-refractivity contribution >= 4 is 15.9 Å². The highest BCUT2D eigenvalue weighted by Crippen LogP contribution is 2.17. The molecule has 0 radical (unpaired) electrons. The molecule has 0 aliphatic carbocycles. The predicted octanol–water partition coefficient (Wildman–Crippen LogP) is 1.42. The van der Waals surface area contributed by atoms with Gasteiger partial charge in [-0.1, -0.05) is 30.4 Å². The van der Waals surface area contributed by atoms with Gasteiger partial charge in [0.1, 0.15) is 0 Å². The lowest BCUT2D eigenvalue weighted by atomic mass is 10.3. The number of hydrogen-bond donors (Lipinski definition) is 0. The van der Waals surface area contributed by atoms with Gasteiger partial charge in [0.25, 0.3) is 0 Å². The minimum absolute atomic E-state index is 0.0601. The van der Waals surface area contributed by atoms with E-state index in [1.54, 1.807) is 35.2 Å². The monoisotopic (exact) mass is 365 g/mol. The molecule has 0 bridgehead atoms. The third-order valence-corrected chi connectivity index (χ3v) is 6.18. The van der Waals surface area contributed by atoms with Crippen molar-refractivity contribution in [2.75, 3.05) is 45.8 Å². The summed E-state index contributed by atoms with van der Waals surface area (Å²) in [5.74, 6) is 0.0601. The number of hydrogen-bond acceptors (Lipinski definition) is 4. The Balaban J connectivity index is 1.91. The lowest BCUT2D eigenvalue weighted by Crippen LogP contribution is -2.51. The average molecular weight is 365 g/mol. The van der Waals surface area contributed by atoms with Crippen molar-refractivity contribution in [2.45, 2.75) is 18.7 Å². The van der Waals surface area contributed by atoms with Gasteiger partial charge in [0.05, 0.1) is 11.4 Å². The smallest absolute Gasteiger partial charge is 0.243 e. The third-order valence-electron chi connectivity index (χ3n) is 4.27. The van der Waals surface area contributed by atoms with Crippen LogP contribution in [0.2, 0.25) is 0 Å². The normalized spacial score (nSPS) is 16.6. The molecule has 6 nitrogen and oxygen atoms in total. The van der Waals surface area contributed by atoms with Gasteiger partial charge in [-0.2, -0.15) is 4.31 Å². The first-order valence-corrected chi connectivity index (χ1v) is 9.98. The SMILES string of the molecule is C=C(C)CN(CC)C(=O)CN1CCN(S(=O)(=O)c2ccccc2)CC1. The molecule has 0 aromatic heterocycles. The highest BCUT2D eigenvalue weighted by Gasteiger charge is 2.29. The van der Waals surface area contributed by atoms with Crippen LogP contribution in [0.25, 0.3) is 0 Å². The fraction of sp³-hybridized carbons (Fsp3) is 0.500. The van der Waals surface area contributed by atoms with Crippen LogP contribution in [-0.4, -0.2) is 74.2 Å². The number of rotatable bonds is 7. The number of piperazine rings is 1. The minimum Gasteiger partial charge on any atom is -0.338 e. The quantitative estimate of drug-likeness (QED) is 0.686. The van der Waals surface area contributed by atoms with Crippen molar-refractivity contribution in [3.63, 3.8) is 0 Å². The Kier molecular flexibility index (Phi) is 6.75. The van der Waals surface area contributed by atoms with Gasteiger partial charge >= 0.3 is 0 Å². The summed E-state index contributed by atoms with van der Waals surface area (Å²) in [6, 6.07) is 8.47. The van der Waals surface area contributed by atoms with E-state index in [1.807, 2.05) is 18.7 Å². The summed E-state index contributed by atoms with van der Waals surface area (Å²) in [5.41, 5.74) is 0.953. The molecular weight excluding hydrogens is 338 g/mol. The van der Waals surface area contributed by atoms with Gasteiger partial charge in [0, 0.05) is 39.3 Å². The molecule has 2 rings (SSSR count). The van der Waals surface area contributed by atoms with Gasteiger partial charge in [0.15, 0.2) is 0 Å². The largest absolute Gasteiger partial charge is 0.338 e. The second-order valence-corrected chi connectivity index (χ2v) is 8.30. The Morgan fingerprint density at radius 1 is 1.16 bits per heavy atom. The summed E-state index contributed by atoms with van der Waals surface area (Å²) < 4.78 is 26.7. The van der Waals surface area contributed by atoms with Crippen LogP contribution in [0, 0.1) is 0 Å². The maximum atomic E-state index is 12.6. The summed E-state index contributed by atoms with van der Waals surface area (Å²) in [6.07, 6.45) is 0. The maximum absolute atomic E-state index is 12.6. The second kappa shape index (κ2) is 8.60. The van der Waals surface area contributed by atoms with Gasteiger partial charge in [0.2, 0.25) is 15.9 Å². The summed E-state index contributed by atoms with van der Waals surface area (Å²) in [6.45, 7) is 11.2. The molecule has 0 unspecified atom stereocenters. The Bertz CT molecular complexity index is 696. The van der Waals surface area contributed by atoms with E-state index >= 15 is 0 Å². The molecule has 1 heterocycles. The fourth-order valence-electron chi connectivity index (χ4n) is 2.86. The number of nitrogens with zero attached hydrogens (tertiary/aromatic N) is 3. The van der Waals surface area contributed by atoms with E-state index < -0.39 is 10.0 Å². The number of carbonyl (C=O) groups is 1. The average Bonchev–Trinajstić information content (AvgIpc) is 2.60. The highest BCUT2D eigenvalue weighted by atomic mass is 32.2. The van der Waals surface area contributed by atoms with Crippen LogP contribution in [0.15, 0.2) is 47.4 Å². The molecule has 1 saturated heterocycles. The molecule has 0 N–H and O–H groups in total. The minimum atomic E-state index is -3.45. The summed E-state index contributed by atoms with van der Waals surface area (Å²) in [7, 11) is -3.45. The number of sulfonamides is 1. The van der Waals surface area contributed by atoms with Gasteiger partial charge in [-0.15, -0.1) is 0 Å². The van der Waals surface area contributed by atoms with Crippen LogP contribution in [0.3, 0.4) is 0 Å². The summed E-state index contributed by atoms with van der Waals surface area (Å²) >= 11 is 0. The lowest BCUT2D eigenvalue weighted by molar-refractivity contribution is -0.132. The molecule has 1 amide bonds. The zero-order chi connectivity index (χ0) is 18.4. The van der Waals surface area contributed by atoms with Crippen molar-refractivity contribution in [1.29, 1.82) is 0 Å². The molecule has 1 aliphatic heterocycles. The zero-order valence-electron chi connectivity index (χ0n) is 15.0. The van der Waals surface area contributed by atoms with Gasteiger partial charge in [-0.05, 0) is 26.0 Å². The lowest BCUT2D eigenvalue weighted by Gasteiger charge is -2.34. The van der Waals surface area contributed by atoms with Gasteiger partial charge < -0.3 is 4.90 Å². The van der Waals surface area contributed by atoms with Crippen molar-refractivity contribution in [3.8, 4) is 0 Å². The molecular formula is C18H27N3O3S. The summed E-state index contributed by atoms with van der Waals surface area (Å²) in [5, 5.41) is 0. The van der Waals surface area contributed by atoms with Crippen LogP contribution in [0.4, 0.5) is 0 Å². The predicted molar refractivity (Wildman–Crippen MR) is 98.7 cm³/mol. The Morgan fingerprint density at radius 2 is 1.76 bits per heavy atom. The van der Waals surface area contributed by atoms with E-state index in [4.69, 9.17) is 0 Å². The van der Waals surface area contributed by atoms with E-state index in [-0.39, 0.29) is 5.91 Å². The first kappa shape index (κ1) is 19.6. The molecule has 138 valence electrons. The van der Waals surface area contributed by atoms with Crippen molar-refractivity contribution in [1.82, 2.24) is 14.1 Å². The van der Waals surface area contributed by atoms with Crippen molar-refractivity contribution < 1.29 is 13.2 Å². The van der Waals surface area contributed by atoms with Crippen LogP contribution < -0.4 is 0 Å². The van der Waals surface area contributed by atoms with E-state index in [1.165, 1.54) is 4.31 Å². The van der Waals surface area contributed by atoms with E-state index in [2.05, 4.69) is 6.58 Å². The van der Waals surface area contributed by atoms with E-state index in [9.17, 15) is 13.2 Å². The van der Waals surface area contributed by atoms with E-state index in [0.29, 0.717) is 50.7 Å². The molecule has 0 spiro atoms. The zero-order valence-corrected chi connectivity index (χ0v) is 15.8. The topological polar surface area (TPSA) is 60.9 Å². The molecule has 1 aromatic carbocycles. The van der Waals surface area contributed by atoms with Crippen LogP contribution in [0.1, 0.15) is 13.8 Å². The number of carbonyl (C=O) groups excluding carboxylic acids is 1. The second-order valence-electron chi connectivity index (χ2n) is 6.36. The van der Waals surface area contributed by atoms with Crippen LogP contribution in [-0.2, 0) is 14.8 Å². The Labute approximate surface area is 150 Å². The first-order valence-electron chi connectivity index (χ1n) is 8.54. The molecule has 0 saturated carbocycles. The standard InChI is InChI=1S/C18H27N3O3S/c1-4-20(14-16(2)3)18(22)15-19-10-12-21(13-11-19)25(23,24)17-8-6-5-7-9-17/h5-9H,2,4,10-15H2,1,3H3. The molecule has 25 heavy (non-hydrogen) atoms. The molecule has 0 atom stereocenters. The highest BCUT2D eigenvalue weighted by molar-refractivity contribution is 7.89. The first-order chi connectivity index (χ1) is 11.8. The number of benzene rings is 1. The van der Waals surface area contributed by atoms with Gasteiger partial charge in [-0.3, -0.25) is 9.69 Å². The van der Waals surface area contributed by atoms with Crippen molar-refractivity contribution in [3.05, 3.63) is 42.5 Å². The van der Waals surface area contributed by atoms with Crippen molar-refractivity contribution in [2.24, 2.45) is 0 Å². The molecule has 1 fully saturated rings. The Morgan fingerprint density at radius 3 is 2.28 bits per heavy atom. The molecule has 7 heteroatoms. The number of likely N-dealkylation sites (N-methyl/N-ethyl adjacent to an activating group) is 1. The molecule has 1 aromatic rings.